The summed E-state index contributed by atoms with van der Waals surface area (Å²) in [7, 11) is 0. The van der Waals surface area contributed by atoms with Gasteiger partial charge in [-0.25, -0.2) is 4.68 Å². The number of hydrogen-bond donors (Lipinski definition) is 1. The van der Waals surface area contributed by atoms with Crippen LogP contribution in [0, 0.1) is 13.8 Å². The molecule has 2 aromatic carbocycles. The van der Waals surface area contributed by atoms with Gasteiger partial charge in [0.15, 0.2) is 0 Å². The molecule has 3 aromatic rings. The lowest BCUT2D eigenvalue weighted by atomic mass is 10.0. The lowest BCUT2D eigenvalue weighted by molar-refractivity contribution is -0.110. The van der Waals surface area contributed by atoms with Gasteiger partial charge in [-0.3, -0.25) is 4.79 Å². The zero-order chi connectivity index (χ0) is 16.7. The molecule has 1 aliphatic rings. The highest BCUT2D eigenvalue weighted by Gasteiger charge is 2.24. The molecule has 0 fully saturated rings. The van der Waals surface area contributed by atoms with Gasteiger partial charge in [0.05, 0.1) is 11.4 Å². The van der Waals surface area contributed by atoms with Crippen LogP contribution < -0.4 is 5.32 Å². The predicted molar refractivity (Wildman–Crippen MR) is 96.0 cm³/mol. The van der Waals surface area contributed by atoms with Gasteiger partial charge in [0.2, 0.25) is 0 Å². The molecule has 0 atom stereocenters. The molecule has 24 heavy (non-hydrogen) atoms. The molecule has 0 bridgehead atoms. The van der Waals surface area contributed by atoms with Crippen LogP contribution >= 0.6 is 0 Å². The highest BCUT2D eigenvalue weighted by Crippen LogP contribution is 2.33. The number of benzene rings is 2. The number of para-hydroxylation sites is 2. The molecule has 1 aliphatic heterocycles. The van der Waals surface area contributed by atoms with Crippen LogP contribution in [0.2, 0.25) is 0 Å². The lowest BCUT2D eigenvalue weighted by Gasteiger charge is -2.04. The van der Waals surface area contributed by atoms with Gasteiger partial charge in [-0.2, -0.15) is 5.10 Å². The van der Waals surface area contributed by atoms with Gasteiger partial charge in [-0.1, -0.05) is 36.4 Å². The molecule has 0 unspecified atom stereocenters. The minimum Gasteiger partial charge on any atom is -0.321 e. The number of nitrogens with one attached hydrogen (secondary N) is 1. The minimum absolute atomic E-state index is 0.0672. The molecule has 0 radical (unpaired) electrons. The van der Waals surface area contributed by atoms with Gasteiger partial charge >= 0.3 is 0 Å². The Morgan fingerprint density at radius 2 is 1.71 bits per heavy atom. The lowest BCUT2D eigenvalue weighted by Crippen LogP contribution is -2.03. The average molecular weight is 315 g/mol. The number of fused-ring (bicyclic) bond motifs is 1. The Bertz CT molecular complexity index is 968. The van der Waals surface area contributed by atoms with Crippen molar-refractivity contribution < 1.29 is 4.79 Å². The number of amides is 1. The smallest absolute Gasteiger partial charge is 0.256 e. The van der Waals surface area contributed by atoms with E-state index < -0.39 is 0 Å². The van der Waals surface area contributed by atoms with Gasteiger partial charge < -0.3 is 5.32 Å². The van der Waals surface area contributed by atoms with Crippen molar-refractivity contribution in [3.8, 4) is 5.69 Å². The summed E-state index contributed by atoms with van der Waals surface area (Å²) in [6.07, 6.45) is 1.94. The number of anilines is 1. The van der Waals surface area contributed by atoms with Crippen molar-refractivity contribution in [2.24, 2.45) is 0 Å². The number of rotatable bonds is 2. The SMILES string of the molecule is Cc1nn(-c2ccccc2)c(C)c1C=C1C(=O)Nc2ccccc21. The minimum atomic E-state index is -0.0672. The van der Waals surface area contributed by atoms with Crippen LogP contribution in [0.4, 0.5) is 5.69 Å². The first-order chi connectivity index (χ1) is 11.6. The van der Waals surface area contributed by atoms with E-state index in [1.54, 1.807) is 0 Å². The number of hydrogen-bond acceptors (Lipinski definition) is 2. The third kappa shape index (κ3) is 2.24. The normalized spacial score (nSPS) is 14.8. The van der Waals surface area contributed by atoms with Gasteiger partial charge in [0.1, 0.15) is 0 Å². The molecule has 1 aromatic heterocycles. The summed E-state index contributed by atoms with van der Waals surface area (Å²) in [5.74, 6) is -0.0672. The van der Waals surface area contributed by atoms with E-state index in [4.69, 9.17) is 0 Å². The highest BCUT2D eigenvalue weighted by atomic mass is 16.2. The summed E-state index contributed by atoms with van der Waals surface area (Å²) in [4.78, 5) is 12.3. The van der Waals surface area contributed by atoms with Crippen molar-refractivity contribution in [2.75, 3.05) is 5.32 Å². The summed E-state index contributed by atoms with van der Waals surface area (Å²) in [6.45, 7) is 4.00. The van der Waals surface area contributed by atoms with Crippen LogP contribution in [0.3, 0.4) is 0 Å². The van der Waals surface area contributed by atoms with E-state index in [0.717, 1.165) is 33.9 Å². The second kappa shape index (κ2) is 5.49. The summed E-state index contributed by atoms with van der Waals surface area (Å²) < 4.78 is 1.92. The summed E-state index contributed by atoms with van der Waals surface area (Å²) >= 11 is 0. The molecule has 0 aliphatic carbocycles. The number of aromatic nitrogens is 2. The topological polar surface area (TPSA) is 46.9 Å². The highest BCUT2D eigenvalue weighted by molar-refractivity contribution is 6.35. The molecule has 0 spiro atoms. The fourth-order valence-corrected chi connectivity index (χ4v) is 3.11. The predicted octanol–water partition coefficient (Wildman–Crippen LogP) is 3.98. The maximum Gasteiger partial charge on any atom is 0.256 e. The summed E-state index contributed by atoms with van der Waals surface area (Å²) in [5, 5.41) is 7.55. The molecule has 0 saturated carbocycles. The van der Waals surface area contributed by atoms with Crippen molar-refractivity contribution in [1.29, 1.82) is 0 Å². The molecule has 4 heteroatoms. The van der Waals surface area contributed by atoms with Gasteiger partial charge in [0.25, 0.3) is 5.91 Å². The second-order valence-corrected chi connectivity index (χ2v) is 5.89. The van der Waals surface area contributed by atoms with Gasteiger partial charge in [-0.15, -0.1) is 0 Å². The first-order valence-corrected chi connectivity index (χ1v) is 7.89. The van der Waals surface area contributed by atoms with Gasteiger partial charge in [0, 0.05) is 28.1 Å². The monoisotopic (exact) mass is 315 g/mol. The molecular formula is C20H17N3O. The molecule has 1 amide bonds. The van der Waals surface area contributed by atoms with Crippen molar-refractivity contribution >= 4 is 23.2 Å². The fraction of sp³-hybridized carbons (Fsp3) is 0.100. The van der Waals surface area contributed by atoms with Crippen molar-refractivity contribution in [3.63, 3.8) is 0 Å². The van der Waals surface area contributed by atoms with Crippen LogP contribution in [-0.2, 0) is 4.79 Å². The quantitative estimate of drug-likeness (QED) is 0.727. The van der Waals surface area contributed by atoms with Crippen LogP contribution in [-0.4, -0.2) is 15.7 Å². The second-order valence-electron chi connectivity index (χ2n) is 5.89. The van der Waals surface area contributed by atoms with Gasteiger partial charge in [-0.05, 0) is 38.1 Å². The standard InChI is InChI=1S/C20H17N3O/c1-13-17(14(2)23(22-13)15-8-4-3-5-9-15)12-18-16-10-6-7-11-19(16)21-20(18)24/h3-12H,1-2H3,(H,21,24). The van der Waals surface area contributed by atoms with Crippen LogP contribution in [0.1, 0.15) is 22.5 Å². The third-order valence-electron chi connectivity index (χ3n) is 4.35. The van der Waals surface area contributed by atoms with E-state index >= 15 is 0 Å². The first kappa shape index (κ1) is 14.5. The Kier molecular flexibility index (Phi) is 3.31. The zero-order valence-corrected chi connectivity index (χ0v) is 13.6. The van der Waals surface area contributed by atoms with E-state index in [1.165, 1.54) is 0 Å². The number of carbonyl (C=O) groups excluding carboxylic acids is 1. The number of nitrogens with zero attached hydrogens (tertiary/aromatic N) is 2. The Labute approximate surface area is 140 Å². The molecule has 4 rings (SSSR count). The first-order valence-electron chi connectivity index (χ1n) is 7.89. The molecule has 0 saturated heterocycles. The van der Waals surface area contributed by atoms with E-state index in [0.29, 0.717) is 5.57 Å². The number of carbonyl (C=O) groups is 1. The fourth-order valence-electron chi connectivity index (χ4n) is 3.11. The van der Waals surface area contributed by atoms with E-state index in [1.807, 2.05) is 79.2 Å². The largest absolute Gasteiger partial charge is 0.321 e. The maximum absolute atomic E-state index is 12.3. The van der Waals surface area contributed by atoms with Crippen LogP contribution in [0.15, 0.2) is 54.6 Å². The third-order valence-corrected chi connectivity index (χ3v) is 4.35. The van der Waals surface area contributed by atoms with Crippen molar-refractivity contribution in [3.05, 3.63) is 77.1 Å². The Balaban J connectivity index is 1.84. The summed E-state index contributed by atoms with van der Waals surface area (Å²) in [6, 6.07) is 17.8. The maximum atomic E-state index is 12.3. The molecule has 1 N–H and O–H groups in total. The Morgan fingerprint density at radius 3 is 2.50 bits per heavy atom. The molecule has 4 nitrogen and oxygen atoms in total. The van der Waals surface area contributed by atoms with Crippen LogP contribution in [0.25, 0.3) is 17.3 Å². The Hall–Kier alpha value is -3.14. The number of aryl methyl sites for hydroxylation is 1. The van der Waals surface area contributed by atoms with Crippen LogP contribution in [0.5, 0.6) is 0 Å². The van der Waals surface area contributed by atoms with E-state index in [9.17, 15) is 4.79 Å². The average Bonchev–Trinajstić information content (AvgIpc) is 3.07. The van der Waals surface area contributed by atoms with E-state index in [-0.39, 0.29) is 5.91 Å². The summed E-state index contributed by atoms with van der Waals surface area (Å²) in [5.41, 5.74) is 6.40. The van der Waals surface area contributed by atoms with Crippen molar-refractivity contribution in [2.45, 2.75) is 13.8 Å². The molecule has 2 heterocycles. The molecule has 118 valence electrons. The van der Waals surface area contributed by atoms with Crippen molar-refractivity contribution in [1.82, 2.24) is 9.78 Å². The Morgan fingerprint density at radius 1 is 1.00 bits per heavy atom. The molecular weight excluding hydrogens is 298 g/mol. The van der Waals surface area contributed by atoms with E-state index in [2.05, 4.69) is 10.4 Å². The zero-order valence-electron chi connectivity index (χ0n) is 13.6.